The predicted octanol–water partition coefficient (Wildman–Crippen LogP) is 3.19. The van der Waals surface area contributed by atoms with Gasteiger partial charge in [0.1, 0.15) is 6.61 Å². The van der Waals surface area contributed by atoms with Gasteiger partial charge in [0.25, 0.3) is 5.95 Å². The maximum absolute atomic E-state index is 13.5. The van der Waals surface area contributed by atoms with Gasteiger partial charge in [-0.1, -0.05) is 20.8 Å². The minimum absolute atomic E-state index is 0.197. The van der Waals surface area contributed by atoms with Gasteiger partial charge in [0.05, 0.1) is 5.69 Å². The average molecular weight is 275 g/mol. The van der Waals surface area contributed by atoms with Crippen molar-refractivity contribution >= 4 is 5.78 Å². The number of hydrogen-bond acceptors (Lipinski definition) is 3. The van der Waals surface area contributed by atoms with Gasteiger partial charge in [0, 0.05) is 6.42 Å². The number of carbonyl (C=O) groups excluding carboxylic acids is 1. The van der Waals surface area contributed by atoms with E-state index in [1.165, 1.54) is 6.92 Å². The van der Waals surface area contributed by atoms with Gasteiger partial charge in [-0.05, 0) is 12.3 Å². The standard InChI is InChI=1S/C13H16F3NO2/c1-7-9(14)11(10(15)12(16)17-7)19-6-8(18)5-13(2,3)4/h5-6H2,1-4H3. The van der Waals surface area contributed by atoms with Gasteiger partial charge < -0.3 is 4.74 Å². The monoisotopic (exact) mass is 275 g/mol. The van der Waals surface area contributed by atoms with E-state index in [9.17, 15) is 18.0 Å². The van der Waals surface area contributed by atoms with E-state index in [2.05, 4.69) is 4.98 Å². The average Bonchev–Trinajstić information content (AvgIpc) is 2.24. The van der Waals surface area contributed by atoms with E-state index < -0.39 is 29.9 Å². The van der Waals surface area contributed by atoms with Gasteiger partial charge in [-0.15, -0.1) is 0 Å². The number of carbonyl (C=O) groups is 1. The first-order valence-electron chi connectivity index (χ1n) is 5.77. The molecule has 0 bridgehead atoms. The summed E-state index contributed by atoms with van der Waals surface area (Å²) < 4.78 is 44.6. The lowest BCUT2D eigenvalue weighted by atomic mass is 9.90. The number of nitrogens with zero attached hydrogens (tertiary/aromatic N) is 1. The summed E-state index contributed by atoms with van der Waals surface area (Å²) in [6.45, 7) is 6.22. The van der Waals surface area contributed by atoms with Crippen LogP contribution in [0.1, 0.15) is 32.9 Å². The number of pyridine rings is 1. The molecule has 0 N–H and O–H groups in total. The van der Waals surface area contributed by atoms with Crippen molar-refractivity contribution in [3.63, 3.8) is 0 Å². The van der Waals surface area contributed by atoms with Crippen LogP contribution >= 0.6 is 0 Å². The lowest BCUT2D eigenvalue weighted by Gasteiger charge is -2.17. The van der Waals surface area contributed by atoms with Gasteiger partial charge in [-0.3, -0.25) is 4.79 Å². The van der Waals surface area contributed by atoms with Crippen molar-refractivity contribution in [2.45, 2.75) is 34.1 Å². The van der Waals surface area contributed by atoms with Crippen LogP contribution < -0.4 is 4.74 Å². The number of aryl methyl sites for hydroxylation is 1. The molecule has 0 spiro atoms. The number of aromatic nitrogens is 1. The molecule has 0 aliphatic heterocycles. The molecule has 19 heavy (non-hydrogen) atoms. The molecule has 6 heteroatoms. The summed E-state index contributed by atoms with van der Waals surface area (Å²) >= 11 is 0. The zero-order chi connectivity index (χ0) is 14.8. The molecule has 0 saturated carbocycles. The molecule has 0 unspecified atom stereocenters. The molecule has 0 saturated heterocycles. The second kappa shape index (κ2) is 5.59. The Hall–Kier alpha value is -1.59. The summed E-state index contributed by atoms with van der Waals surface area (Å²) in [7, 11) is 0. The number of rotatable bonds is 4. The Morgan fingerprint density at radius 2 is 1.79 bits per heavy atom. The normalized spacial score (nSPS) is 11.5. The van der Waals surface area contributed by atoms with Crippen LogP contribution in [0.25, 0.3) is 0 Å². The molecule has 0 fully saturated rings. The van der Waals surface area contributed by atoms with Crippen molar-refractivity contribution in [1.82, 2.24) is 4.98 Å². The first kappa shape index (κ1) is 15.5. The second-order valence-corrected chi connectivity index (χ2v) is 5.51. The SMILES string of the molecule is Cc1nc(F)c(F)c(OCC(=O)CC(C)(C)C)c1F. The Bertz CT molecular complexity index is 469. The third-order valence-corrected chi connectivity index (χ3v) is 2.27. The van der Waals surface area contributed by atoms with Gasteiger partial charge in [-0.25, -0.2) is 9.37 Å². The molecule has 0 aliphatic carbocycles. The Labute approximate surface area is 109 Å². The Morgan fingerprint density at radius 3 is 2.32 bits per heavy atom. The van der Waals surface area contributed by atoms with Crippen molar-refractivity contribution in [3.8, 4) is 5.75 Å². The number of ether oxygens (including phenoxy) is 1. The smallest absolute Gasteiger partial charge is 0.253 e. The van der Waals surface area contributed by atoms with Crippen molar-refractivity contribution in [2.75, 3.05) is 6.61 Å². The molecule has 1 rings (SSSR count). The van der Waals surface area contributed by atoms with E-state index in [4.69, 9.17) is 4.74 Å². The van der Waals surface area contributed by atoms with Gasteiger partial charge in [0.15, 0.2) is 17.3 Å². The number of ketones is 1. The summed E-state index contributed by atoms with van der Waals surface area (Å²) in [5.74, 6) is -5.28. The quantitative estimate of drug-likeness (QED) is 0.792. The molecule has 106 valence electrons. The Balaban J connectivity index is 2.81. The summed E-state index contributed by atoms with van der Waals surface area (Å²) in [5.41, 5.74) is -0.575. The molecule has 1 aromatic heterocycles. The minimum atomic E-state index is -1.52. The Kier molecular flexibility index (Phi) is 4.55. The van der Waals surface area contributed by atoms with E-state index in [1.807, 2.05) is 20.8 Å². The molecule has 0 radical (unpaired) electrons. The fraction of sp³-hybridized carbons (Fsp3) is 0.538. The van der Waals surface area contributed by atoms with Gasteiger partial charge in [0.2, 0.25) is 5.82 Å². The zero-order valence-corrected chi connectivity index (χ0v) is 11.3. The summed E-state index contributed by atoms with van der Waals surface area (Å²) in [4.78, 5) is 14.6. The van der Waals surface area contributed by atoms with E-state index in [1.54, 1.807) is 0 Å². The fourth-order valence-electron chi connectivity index (χ4n) is 1.52. The molecule has 0 amide bonds. The summed E-state index contributed by atoms with van der Waals surface area (Å²) in [6, 6.07) is 0. The van der Waals surface area contributed by atoms with Crippen LogP contribution in [0.5, 0.6) is 5.75 Å². The van der Waals surface area contributed by atoms with Crippen LogP contribution in [0.2, 0.25) is 0 Å². The summed E-state index contributed by atoms with van der Waals surface area (Å²) in [6.07, 6.45) is 0.197. The molecule has 1 heterocycles. The highest BCUT2D eigenvalue weighted by molar-refractivity contribution is 5.80. The predicted molar refractivity (Wildman–Crippen MR) is 63.4 cm³/mol. The van der Waals surface area contributed by atoms with E-state index in [-0.39, 0.29) is 23.3 Å². The first-order chi connectivity index (χ1) is 8.61. The number of halogens is 3. The van der Waals surface area contributed by atoms with E-state index in [0.717, 1.165) is 0 Å². The minimum Gasteiger partial charge on any atom is -0.480 e. The highest BCUT2D eigenvalue weighted by atomic mass is 19.2. The molecule has 0 aliphatic rings. The second-order valence-electron chi connectivity index (χ2n) is 5.51. The van der Waals surface area contributed by atoms with Crippen molar-refractivity contribution in [2.24, 2.45) is 5.41 Å². The van der Waals surface area contributed by atoms with Crippen molar-refractivity contribution in [1.29, 1.82) is 0 Å². The van der Waals surface area contributed by atoms with Crippen LogP contribution in [0.3, 0.4) is 0 Å². The molecule has 1 aromatic rings. The third-order valence-electron chi connectivity index (χ3n) is 2.27. The molecule has 0 aromatic carbocycles. The third kappa shape index (κ3) is 4.22. The molecule has 3 nitrogen and oxygen atoms in total. The lowest BCUT2D eigenvalue weighted by molar-refractivity contribution is -0.122. The first-order valence-corrected chi connectivity index (χ1v) is 5.77. The van der Waals surface area contributed by atoms with Crippen LogP contribution in [-0.4, -0.2) is 17.4 Å². The maximum atomic E-state index is 13.5. The molecular formula is C13H16F3NO2. The van der Waals surface area contributed by atoms with E-state index in [0.29, 0.717) is 0 Å². The molecular weight excluding hydrogens is 259 g/mol. The molecule has 0 atom stereocenters. The fourth-order valence-corrected chi connectivity index (χ4v) is 1.52. The topological polar surface area (TPSA) is 39.2 Å². The van der Waals surface area contributed by atoms with Crippen molar-refractivity contribution < 1.29 is 22.7 Å². The van der Waals surface area contributed by atoms with Gasteiger partial charge >= 0.3 is 0 Å². The van der Waals surface area contributed by atoms with Crippen LogP contribution in [0.4, 0.5) is 13.2 Å². The zero-order valence-electron chi connectivity index (χ0n) is 11.3. The summed E-state index contributed by atoms with van der Waals surface area (Å²) in [5, 5.41) is 0. The Morgan fingerprint density at radius 1 is 1.21 bits per heavy atom. The number of Topliss-reactive ketones (excluding diaryl/α,β-unsaturated/α-hetero) is 1. The lowest BCUT2D eigenvalue weighted by Crippen LogP contribution is -2.20. The van der Waals surface area contributed by atoms with Crippen molar-refractivity contribution in [3.05, 3.63) is 23.3 Å². The van der Waals surface area contributed by atoms with Crippen LogP contribution in [0.15, 0.2) is 0 Å². The highest BCUT2D eigenvalue weighted by Gasteiger charge is 2.22. The number of hydrogen-bond donors (Lipinski definition) is 0. The van der Waals surface area contributed by atoms with Crippen LogP contribution in [0, 0.1) is 29.9 Å². The van der Waals surface area contributed by atoms with Crippen LogP contribution in [-0.2, 0) is 4.79 Å². The van der Waals surface area contributed by atoms with E-state index >= 15 is 0 Å². The highest BCUT2D eigenvalue weighted by Crippen LogP contribution is 2.25. The maximum Gasteiger partial charge on any atom is 0.253 e. The van der Waals surface area contributed by atoms with Gasteiger partial charge in [-0.2, -0.15) is 8.78 Å². The largest absolute Gasteiger partial charge is 0.480 e.